The minimum Gasteiger partial charge on any atom is -0.494 e. The Hall–Kier alpha value is -1.55. The van der Waals surface area contributed by atoms with Crippen LogP contribution in [0.1, 0.15) is 32.8 Å². The molecule has 4 heteroatoms. The fraction of sp³-hybridized carbons (Fsp3) is 0.562. The molecule has 1 rings (SSSR count). The van der Waals surface area contributed by atoms with E-state index < -0.39 is 5.97 Å². The molecule has 0 bridgehead atoms. The molecule has 1 unspecified atom stereocenters. The van der Waals surface area contributed by atoms with Crippen LogP contribution in [0.5, 0.6) is 5.75 Å². The third kappa shape index (κ3) is 5.61. The Balaban J connectivity index is 2.54. The number of rotatable bonds is 9. The molecule has 0 saturated heterocycles. The van der Waals surface area contributed by atoms with E-state index in [1.54, 1.807) is 6.92 Å². The van der Waals surface area contributed by atoms with Crippen LogP contribution in [0.15, 0.2) is 24.3 Å². The zero-order valence-corrected chi connectivity index (χ0v) is 12.6. The molecule has 1 atom stereocenters. The van der Waals surface area contributed by atoms with Crippen molar-refractivity contribution in [3.05, 3.63) is 29.8 Å². The molecular weight excluding hydrogens is 254 g/mol. The summed E-state index contributed by atoms with van der Waals surface area (Å²) in [6.07, 6.45) is 0.998. The average molecular weight is 279 g/mol. The second kappa shape index (κ2) is 8.59. The molecule has 0 aliphatic carbocycles. The Morgan fingerprint density at radius 1 is 1.30 bits per heavy atom. The highest BCUT2D eigenvalue weighted by Gasteiger charge is 2.15. The molecule has 0 heterocycles. The summed E-state index contributed by atoms with van der Waals surface area (Å²) < 4.78 is 5.55. The van der Waals surface area contributed by atoms with Crippen molar-refractivity contribution in [3.63, 3.8) is 0 Å². The molecule has 1 aromatic carbocycles. The van der Waals surface area contributed by atoms with Crippen molar-refractivity contribution in [2.45, 2.75) is 33.7 Å². The van der Waals surface area contributed by atoms with Gasteiger partial charge >= 0.3 is 5.97 Å². The fourth-order valence-electron chi connectivity index (χ4n) is 1.94. The van der Waals surface area contributed by atoms with Gasteiger partial charge in [-0.25, -0.2) is 0 Å². The molecule has 0 aliphatic rings. The lowest BCUT2D eigenvalue weighted by Gasteiger charge is -2.22. The molecule has 1 N–H and O–H groups in total. The topological polar surface area (TPSA) is 49.8 Å². The van der Waals surface area contributed by atoms with Gasteiger partial charge in [-0.2, -0.15) is 0 Å². The Morgan fingerprint density at radius 3 is 2.45 bits per heavy atom. The van der Waals surface area contributed by atoms with Crippen molar-refractivity contribution in [2.24, 2.45) is 5.92 Å². The highest BCUT2D eigenvalue weighted by molar-refractivity contribution is 5.69. The zero-order valence-electron chi connectivity index (χ0n) is 12.6. The minimum absolute atomic E-state index is 0.345. The van der Waals surface area contributed by atoms with E-state index in [1.165, 1.54) is 5.56 Å². The maximum Gasteiger partial charge on any atom is 0.307 e. The normalized spacial score (nSPS) is 12.4. The van der Waals surface area contributed by atoms with Crippen molar-refractivity contribution in [2.75, 3.05) is 19.7 Å². The molecule has 0 aromatic heterocycles. The van der Waals surface area contributed by atoms with E-state index in [-0.39, 0.29) is 5.92 Å². The molecule has 112 valence electrons. The maximum atomic E-state index is 10.9. The van der Waals surface area contributed by atoms with Crippen LogP contribution < -0.4 is 4.74 Å². The number of benzene rings is 1. The third-order valence-corrected chi connectivity index (χ3v) is 3.20. The molecule has 1 aromatic rings. The number of carboxylic acid groups (broad SMARTS) is 1. The van der Waals surface area contributed by atoms with Gasteiger partial charge in [0.1, 0.15) is 5.75 Å². The van der Waals surface area contributed by atoms with Crippen molar-refractivity contribution in [1.29, 1.82) is 0 Å². The molecule has 0 aliphatic heterocycles. The van der Waals surface area contributed by atoms with Gasteiger partial charge in [0.05, 0.1) is 12.5 Å². The largest absolute Gasteiger partial charge is 0.494 e. The van der Waals surface area contributed by atoms with Gasteiger partial charge in [0.15, 0.2) is 0 Å². The summed E-state index contributed by atoms with van der Waals surface area (Å²) in [4.78, 5) is 13.0. The first-order chi connectivity index (χ1) is 9.56. The van der Waals surface area contributed by atoms with E-state index in [0.29, 0.717) is 6.54 Å². The first-order valence-corrected chi connectivity index (χ1v) is 7.23. The van der Waals surface area contributed by atoms with E-state index in [2.05, 4.69) is 11.8 Å². The summed E-state index contributed by atoms with van der Waals surface area (Å²) in [5, 5.41) is 8.97. The van der Waals surface area contributed by atoms with Crippen LogP contribution in [0.2, 0.25) is 0 Å². The quantitative estimate of drug-likeness (QED) is 0.755. The van der Waals surface area contributed by atoms with Gasteiger partial charge in [-0.3, -0.25) is 9.69 Å². The average Bonchev–Trinajstić information content (AvgIpc) is 2.45. The molecule has 0 radical (unpaired) electrons. The van der Waals surface area contributed by atoms with Crippen molar-refractivity contribution >= 4 is 5.97 Å². The first-order valence-electron chi connectivity index (χ1n) is 7.23. The van der Waals surface area contributed by atoms with Crippen molar-refractivity contribution in [3.8, 4) is 5.75 Å². The van der Waals surface area contributed by atoms with Gasteiger partial charge in [0.25, 0.3) is 0 Å². The highest BCUT2D eigenvalue weighted by atomic mass is 16.5. The zero-order chi connectivity index (χ0) is 15.0. The van der Waals surface area contributed by atoms with Crippen LogP contribution in [0, 0.1) is 5.92 Å². The lowest BCUT2D eigenvalue weighted by molar-refractivity contribution is -0.141. The molecule has 0 saturated carbocycles. The van der Waals surface area contributed by atoms with Gasteiger partial charge in [-0.1, -0.05) is 32.9 Å². The molecule has 0 fully saturated rings. The minimum atomic E-state index is -0.744. The number of hydrogen-bond acceptors (Lipinski definition) is 3. The fourth-order valence-corrected chi connectivity index (χ4v) is 1.94. The SMILES string of the molecule is CCCOc1ccc(CN(CC)CC(C)C(=O)O)cc1. The molecular formula is C16H25NO3. The predicted molar refractivity (Wildman–Crippen MR) is 80.0 cm³/mol. The summed E-state index contributed by atoms with van der Waals surface area (Å²) in [6, 6.07) is 8.02. The van der Waals surface area contributed by atoms with Crippen molar-refractivity contribution in [1.82, 2.24) is 4.90 Å². The second-order valence-corrected chi connectivity index (χ2v) is 5.06. The molecule has 0 spiro atoms. The maximum absolute atomic E-state index is 10.9. The summed E-state index contributed by atoms with van der Waals surface area (Å²) in [5.74, 6) is -0.202. The lowest BCUT2D eigenvalue weighted by Crippen LogP contribution is -2.31. The lowest BCUT2D eigenvalue weighted by atomic mass is 10.1. The number of nitrogens with zero attached hydrogens (tertiary/aromatic N) is 1. The number of aliphatic carboxylic acids is 1. The Bertz CT molecular complexity index is 403. The summed E-state index contributed by atoms with van der Waals surface area (Å²) >= 11 is 0. The monoisotopic (exact) mass is 279 g/mol. The van der Waals surface area contributed by atoms with Crippen LogP contribution in [0.25, 0.3) is 0 Å². The standard InChI is InChI=1S/C16H25NO3/c1-4-10-20-15-8-6-14(7-9-15)12-17(5-2)11-13(3)16(18)19/h6-9,13H,4-5,10-12H2,1-3H3,(H,18,19). The van der Waals surface area contributed by atoms with Gasteiger partial charge in [-0.15, -0.1) is 0 Å². The highest BCUT2D eigenvalue weighted by Crippen LogP contribution is 2.14. The first kappa shape index (κ1) is 16.5. The van der Waals surface area contributed by atoms with Gasteiger partial charge in [0, 0.05) is 13.1 Å². The third-order valence-electron chi connectivity index (χ3n) is 3.20. The second-order valence-electron chi connectivity index (χ2n) is 5.06. The van der Waals surface area contributed by atoms with Crippen LogP contribution in [-0.2, 0) is 11.3 Å². The van der Waals surface area contributed by atoms with Crippen molar-refractivity contribution < 1.29 is 14.6 Å². The van der Waals surface area contributed by atoms with Gasteiger partial charge in [-0.05, 0) is 30.7 Å². The van der Waals surface area contributed by atoms with E-state index in [1.807, 2.05) is 31.2 Å². The van der Waals surface area contributed by atoms with Gasteiger partial charge < -0.3 is 9.84 Å². The van der Waals surface area contributed by atoms with E-state index in [4.69, 9.17) is 9.84 Å². The molecule has 0 amide bonds. The summed E-state index contributed by atoms with van der Waals surface area (Å²) in [5.41, 5.74) is 1.17. The number of ether oxygens (including phenoxy) is 1. The summed E-state index contributed by atoms with van der Waals surface area (Å²) in [6.45, 7) is 8.78. The number of carbonyl (C=O) groups is 1. The Labute approximate surface area is 121 Å². The summed E-state index contributed by atoms with van der Waals surface area (Å²) in [7, 11) is 0. The smallest absolute Gasteiger partial charge is 0.307 e. The van der Waals surface area contributed by atoms with E-state index >= 15 is 0 Å². The number of carboxylic acids is 1. The molecule has 20 heavy (non-hydrogen) atoms. The Kier molecular flexibility index (Phi) is 7.09. The Morgan fingerprint density at radius 2 is 1.95 bits per heavy atom. The number of hydrogen-bond donors (Lipinski definition) is 1. The van der Waals surface area contributed by atoms with Gasteiger partial charge in [0.2, 0.25) is 0 Å². The van der Waals surface area contributed by atoms with E-state index in [9.17, 15) is 4.79 Å². The predicted octanol–water partition coefficient (Wildman–Crippen LogP) is 3.02. The van der Waals surface area contributed by atoms with E-state index in [0.717, 1.165) is 31.9 Å². The van der Waals surface area contributed by atoms with Crippen LogP contribution in [0.3, 0.4) is 0 Å². The van der Waals surface area contributed by atoms with Crippen LogP contribution in [-0.4, -0.2) is 35.7 Å². The van der Waals surface area contributed by atoms with Crippen LogP contribution >= 0.6 is 0 Å². The van der Waals surface area contributed by atoms with Crippen LogP contribution in [0.4, 0.5) is 0 Å². The molecule has 4 nitrogen and oxygen atoms in total.